The molecule has 5 nitrogen and oxygen atoms in total. The predicted molar refractivity (Wildman–Crippen MR) is 93.7 cm³/mol. The van der Waals surface area contributed by atoms with Gasteiger partial charge in [0.25, 0.3) is 0 Å². The largest absolute Gasteiger partial charge is 0.444 e. The smallest absolute Gasteiger partial charge is 0.410 e. The van der Waals surface area contributed by atoms with Gasteiger partial charge in [0, 0.05) is 19.6 Å². The lowest BCUT2D eigenvalue weighted by Crippen LogP contribution is -2.51. The van der Waals surface area contributed by atoms with Crippen LogP contribution in [0.3, 0.4) is 0 Å². The minimum atomic E-state index is -0.571. The standard InChI is InChI=1S/C19H28N2O3/c1-19(2,3)24-18(23)20(4)17(14-22)16-11-8-12-21(16)13-15-9-6-5-7-10-15/h5-7,9-10,14,16-17H,8,11-13H2,1-4H3. The lowest BCUT2D eigenvalue weighted by molar-refractivity contribution is -0.114. The van der Waals surface area contributed by atoms with Gasteiger partial charge in [-0.1, -0.05) is 30.3 Å². The Morgan fingerprint density at radius 3 is 2.62 bits per heavy atom. The Balaban J connectivity index is 2.07. The number of aldehydes is 1. The fraction of sp³-hybridized carbons (Fsp3) is 0.579. The van der Waals surface area contributed by atoms with E-state index in [1.807, 2.05) is 39.0 Å². The van der Waals surface area contributed by atoms with Crippen molar-refractivity contribution in [3.63, 3.8) is 0 Å². The summed E-state index contributed by atoms with van der Waals surface area (Å²) in [4.78, 5) is 27.8. The molecule has 24 heavy (non-hydrogen) atoms. The van der Waals surface area contributed by atoms with Crippen LogP contribution in [0.2, 0.25) is 0 Å². The number of hydrogen-bond donors (Lipinski definition) is 0. The molecule has 5 heteroatoms. The number of carbonyl (C=O) groups excluding carboxylic acids is 2. The van der Waals surface area contributed by atoms with E-state index in [1.54, 1.807) is 7.05 Å². The van der Waals surface area contributed by atoms with Crippen LogP contribution in [0.1, 0.15) is 39.2 Å². The molecule has 1 amide bonds. The van der Waals surface area contributed by atoms with Crippen LogP contribution >= 0.6 is 0 Å². The van der Waals surface area contributed by atoms with Crippen molar-refractivity contribution in [3.8, 4) is 0 Å². The number of benzene rings is 1. The molecular formula is C19H28N2O3. The summed E-state index contributed by atoms with van der Waals surface area (Å²) in [5.41, 5.74) is 0.645. The molecule has 1 aromatic carbocycles. The summed E-state index contributed by atoms with van der Waals surface area (Å²) in [5, 5.41) is 0. The highest BCUT2D eigenvalue weighted by Crippen LogP contribution is 2.25. The van der Waals surface area contributed by atoms with Crippen molar-refractivity contribution in [3.05, 3.63) is 35.9 Å². The quantitative estimate of drug-likeness (QED) is 0.778. The molecule has 0 aliphatic carbocycles. The minimum Gasteiger partial charge on any atom is -0.444 e. The van der Waals surface area contributed by atoms with Gasteiger partial charge in [-0.15, -0.1) is 0 Å². The lowest BCUT2D eigenvalue weighted by atomic mass is 10.1. The molecule has 1 heterocycles. The van der Waals surface area contributed by atoms with Crippen LogP contribution in [0.4, 0.5) is 4.79 Å². The molecule has 0 N–H and O–H groups in total. The van der Waals surface area contributed by atoms with E-state index in [0.717, 1.165) is 32.2 Å². The second kappa shape index (κ2) is 7.79. The number of likely N-dealkylation sites (tertiary alicyclic amines) is 1. The summed E-state index contributed by atoms with van der Waals surface area (Å²) in [7, 11) is 1.64. The van der Waals surface area contributed by atoms with Crippen molar-refractivity contribution in [2.24, 2.45) is 0 Å². The Kier molecular flexibility index (Phi) is 5.99. The average molecular weight is 332 g/mol. The van der Waals surface area contributed by atoms with Crippen LogP contribution < -0.4 is 0 Å². The molecule has 1 aromatic rings. The number of carbonyl (C=O) groups is 2. The molecule has 2 rings (SSSR count). The van der Waals surface area contributed by atoms with Gasteiger partial charge in [0.2, 0.25) is 0 Å². The molecule has 0 spiro atoms. The number of amides is 1. The van der Waals surface area contributed by atoms with E-state index >= 15 is 0 Å². The molecule has 1 aliphatic heterocycles. The second-order valence-electron chi connectivity index (χ2n) is 7.38. The number of hydrogen-bond acceptors (Lipinski definition) is 4. The van der Waals surface area contributed by atoms with E-state index in [0.29, 0.717) is 0 Å². The van der Waals surface area contributed by atoms with Crippen LogP contribution in [0, 0.1) is 0 Å². The predicted octanol–water partition coefficient (Wildman–Crippen LogP) is 3.09. The van der Waals surface area contributed by atoms with Crippen molar-refractivity contribution in [1.82, 2.24) is 9.80 Å². The van der Waals surface area contributed by atoms with E-state index in [2.05, 4.69) is 17.0 Å². The van der Waals surface area contributed by atoms with Gasteiger partial charge in [0.1, 0.15) is 17.9 Å². The van der Waals surface area contributed by atoms with Crippen molar-refractivity contribution in [1.29, 1.82) is 0 Å². The zero-order valence-electron chi connectivity index (χ0n) is 15.1. The first-order chi connectivity index (χ1) is 11.3. The second-order valence-corrected chi connectivity index (χ2v) is 7.38. The maximum atomic E-state index is 12.3. The first kappa shape index (κ1) is 18.5. The van der Waals surface area contributed by atoms with E-state index in [1.165, 1.54) is 10.5 Å². The minimum absolute atomic E-state index is 0.0280. The maximum absolute atomic E-state index is 12.3. The first-order valence-electron chi connectivity index (χ1n) is 8.51. The van der Waals surface area contributed by atoms with Gasteiger partial charge < -0.3 is 9.53 Å². The Hall–Kier alpha value is -1.88. The van der Waals surface area contributed by atoms with E-state index in [-0.39, 0.29) is 6.04 Å². The number of likely N-dealkylation sites (N-methyl/N-ethyl adjacent to an activating group) is 1. The summed E-state index contributed by atoms with van der Waals surface area (Å²) >= 11 is 0. The van der Waals surface area contributed by atoms with E-state index < -0.39 is 17.7 Å². The fourth-order valence-electron chi connectivity index (χ4n) is 3.15. The highest BCUT2D eigenvalue weighted by Gasteiger charge is 2.36. The van der Waals surface area contributed by atoms with Gasteiger partial charge in [-0.3, -0.25) is 9.80 Å². The maximum Gasteiger partial charge on any atom is 0.410 e. The Bertz CT molecular complexity index is 553. The van der Waals surface area contributed by atoms with Crippen molar-refractivity contribution in [2.75, 3.05) is 13.6 Å². The number of ether oxygens (including phenoxy) is 1. The Labute approximate surface area is 144 Å². The lowest BCUT2D eigenvalue weighted by Gasteiger charge is -2.35. The summed E-state index contributed by atoms with van der Waals surface area (Å²) in [6.07, 6.45) is 2.36. The third-order valence-electron chi connectivity index (χ3n) is 4.31. The van der Waals surface area contributed by atoms with Crippen LogP contribution in [-0.4, -0.2) is 53.5 Å². The van der Waals surface area contributed by atoms with Crippen LogP contribution in [0.5, 0.6) is 0 Å². The zero-order valence-corrected chi connectivity index (χ0v) is 15.1. The summed E-state index contributed by atoms with van der Waals surface area (Å²) < 4.78 is 5.40. The molecule has 0 bridgehead atoms. The van der Waals surface area contributed by atoms with Gasteiger partial charge in [-0.25, -0.2) is 4.79 Å². The Morgan fingerprint density at radius 1 is 1.38 bits per heavy atom. The third-order valence-corrected chi connectivity index (χ3v) is 4.31. The van der Waals surface area contributed by atoms with Crippen molar-refractivity contribution >= 4 is 12.4 Å². The first-order valence-corrected chi connectivity index (χ1v) is 8.51. The van der Waals surface area contributed by atoms with Crippen LogP contribution in [0.15, 0.2) is 30.3 Å². The van der Waals surface area contributed by atoms with Crippen molar-refractivity contribution in [2.45, 2.75) is 57.8 Å². The van der Waals surface area contributed by atoms with Gasteiger partial charge in [0.15, 0.2) is 0 Å². The molecule has 1 saturated heterocycles. The van der Waals surface area contributed by atoms with E-state index in [9.17, 15) is 9.59 Å². The summed E-state index contributed by atoms with van der Waals surface area (Å²) in [5.74, 6) is 0. The number of nitrogens with zero attached hydrogens (tertiary/aromatic N) is 2. The molecule has 0 saturated carbocycles. The van der Waals surface area contributed by atoms with Gasteiger partial charge in [-0.05, 0) is 45.7 Å². The topological polar surface area (TPSA) is 49.9 Å². The van der Waals surface area contributed by atoms with Crippen LogP contribution in [0.25, 0.3) is 0 Å². The van der Waals surface area contributed by atoms with Crippen molar-refractivity contribution < 1.29 is 14.3 Å². The number of rotatable bonds is 5. The van der Waals surface area contributed by atoms with Gasteiger partial charge >= 0.3 is 6.09 Å². The Morgan fingerprint density at radius 2 is 2.04 bits per heavy atom. The molecule has 2 unspecified atom stereocenters. The average Bonchev–Trinajstić information content (AvgIpc) is 2.95. The fourth-order valence-corrected chi connectivity index (χ4v) is 3.15. The zero-order chi connectivity index (χ0) is 17.7. The highest BCUT2D eigenvalue weighted by molar-refractivity contribution is 5.74. The SMILES string of the molecule is CN(C(=O)OC(C)(C)C)C(C=O)C1CCCN1Cc1ccccc1. The van der Waals surface area contributed by atoms with Crippen LogP contribution in [-0.2, 0) is 16.1 Å². The molecule has 1 fully saturated rings. The molecule has 0 aromatic heterocycles. The molecule has 2 atom stereocenters. The van der Waals surface area contributed by atoms with Gasteiger partial charge in [0.05, 0.1) is 0 Å². The highest BCUT2D eigenvalue weighted by atomic mass is 16.6. The van der Waals surface area contributed by atoms with Gasteiger partial charge in [-0.2, -0.15) is 0 Å². The summed E-state index contributed by atoms with van der Waals surface area (Å²) in [6.45, 7) is 7.20. The normalized spacial score (nSPS) is 19.8. The molecular weight excluding hydrogens is 304 g/mol. The third kappa shape index (κ3) is 4.81. The molecule has 1 aliphatic rings. The molecule has 132 valence electrons. The molecule has 0 radical (unpaired) electrons. The van der Waals surface area contributed by atoms with E-state index in [4.69, 9.17) is 4.74 Å². The monoisotopic (exact) mass is 332 g/mol. The summed E-state index contributed by atoms with van der Waals surface area (Å²) in [6, 6.07) is 9.74.